The monoisotopic (exact) mass is 289 g/mol. The lowest BCUT2D eigenvalue weighted by molar-refractivity contribution is 0.562. The molecular weight excluding hydrogens is 262 g/mol. The summed E-state index contributed by atoms with van der Waals surface area (Å²) in [6.07, 6.45) is 1.14. The maximum absolute atomic E-state index is 4.72. The average molecular weight is 289 g/mol. The third kappa shape index (κ3) is 3.35. The highest BCUT2D eigenvalue weighted by Gasteiger charge is 2.17. The molecule has 0 radical (unpaired) electrons. The average Bonchev–Trinajstić information content (AvgIpc) is 2.87. The highest BCUT2D eigenvalue weighted by Crippen LogP contribution is 2.22. The first-order chi connectivity index (χ1) is 9.93. The van der Waals surface area contributed by atoms with E-state index in [-0.39, 0.29) is 0 Å². The van der Waals surface area contributed by atoms with Crippen LogP contribution in [0.3, 0.4) is 0 Å². The van der Waals surface area contributed by atoms with Gasteiger partial charge in [0.25, 0.3) is 0 Å². The lowest BCUT2D eigenvalue weighted by Gasteiger charge is -2.14. The Bertz CT molecular complexity index is 608. The van der Waals surface area contributed by atoms with Crippen LogP contribution in [0.1, 0.15) is 54.6 Å². The third-order valence-electron chi connectivity index (χ3n) is 3.98. The molecule has 0 saturated carbocycles. The summed E-state index contributed by atoms with van der Waals surface area (Å²) < 4.78 is 4.02. The molecule has 0 saturated heterocycles. The molecule has 0 aliphatic rings. The summed E-state index contributed by atoms with van der Waals surface area (Å²) in [4.78, 5) is 0. The van der Waals surface area contributed by atoms with E-state index in [0.717, 1.165) is 30.9 Å². The van der Waals surface area contributed by atoms with Gasteiger partial charge < -0.3 is 5.32 Å². The summed E-state index contributed by atoms with van der Waals surface area (Å²) in [6.45, 7) is 12.5. The molecule has 2 aromatic heterocycles. The molecule has 21 heavy (non-hydrogen) atoms. The predicted octanol–water partition coefficient (Wildman–Crippen LogP) is 2.65. The summed E-state index contributed by atoms with van der Waals surface area (Å²) in [5.74, 6) is 0. The second-order valence-corrected chi connectivity index (χ2v) is 5.82. The summed E-state index contributed by atoms with van der Waals surface area (Å²) in [5.41, 5.74) is 5.90. The molecule has 0 aliphatic carbocycles. The molecule has 0 bridgehead atoms. The molecule has 0 fully saturated rings. The Morgan fingerprint density at radius 3 is 2.52 bits per heavy atom. The first-order valence-electron chi connectivity index (χ1n) is 7.70. The van der Waals surface area contributed by atoms with E-state index < -0.39 is 0 Å². The second-order valence-electron chi connectivity index (χ2n) is 5.82. The highest BCUT2D eigenvalue weighted by atomic mass is 15.3. The molecule has 0 spiro atoms. The van der Waals surface area contributed by atoms with Gasteiger partial charge in [0.1, 0.15) is 0 Å². The van der Waals surface area contributed by atoms with Crippen molar-refractivity contribution in [2.45, 2.75) is 53.6 Å². The fourth-order valence-corrected chi connectivity index (χ4v) is 2.92. The van der Waals surface area contributed by atoms with Crippen LogP contribution >= 0.6 is 0 Å². The van der Waals surface area contributed by atoms with Crippen LogP contribution in [0.4, 0.5) is 0 Å². The van der Waals surface area contributed by atoms with Crippen molar-refractivity contribution in [1.82, 2.24) is 24.9 Å². The zero-order chi connectivity index (χ0) is 15.6. The van der Waals surface area contributed by atoms with E-state index in [2.05, 4.69) is 48.9 Å². The van der Waals surface area contributed by atoms with Crippen molar-refractivity contribution in [3.8, 4) is 0 Å². The predicted molar refractivity (Wildman–Crippen MR) is 85.5 cm³/mol. The summed E-state index contributed by atoms with van der Waals surface area (Å²) in [7, 11) is 1.99. The molecule has 1 atom stereocenters. The molecule has 2 rings (SSSR count). The van der Waals surface area contributed by atoms with E-state index >= 15 is 0 Å². The van der Waals surface area contributed by atoms with E-state index in [0.29, 0.717) is 6.04 Å². The molecule has 2 heterocycles. The molecular formula is C16H27N5. The van der Waals surface area contributed by atoms with E-state index in [1.807, 2.05) is 18.7 Å². The van der Waals surface area contributed by atoms with Crippen molar-refractivity contribution >= 4 is 0 Å². The summed E-state index contributed by atoms with van der Waals surface area (Å²) in [6, 6.07) is 2.46. The summed E-state index contributed by atoms with van der Waals surface area (Å²) >= 11 is 0. The van der Waals surface area contributed by atoms with Gasteiger partial charge in [0.15, 0.2) is 0 Å². The van der Waals surface area contributed by atoms with Crippen LogP contribution in [0.15, 0.2) is 6.07 Å². The Morgan fingerprint density at radius 1 is 1.24 bits per heavy atom. The first kappa shape index (κ1) is 15.8. The van der Waals surface area contributed by atoms with E-state index in [1.165, 1.54) is 17.0 Å². The zero-order valence-corrected chi connectivity index (χ0v) is 14.1. The smallest absolute Gasteiger partial charge is 0.0831 e. The van der Waals surface area contributed by atoms with Crippen LogP contribution in [0.5, 0.6) is 0 Å². The van der Waals surface area contributed by atoms with Crippen molar-refractivity contribution in [3.05, 3.63) is 34.4 Å². The third-order valence-corrected chi connectivity index (χ3v) is 3.98. The van der Waals surface area contributed by atoms with Gasteiger partial charge in [0, 0.05) is 24.3 Å². The molecule has 5 nitrogen and oxygen atoms in total. The molecule has 1 unspecified atom stereocenters. The van der Waals surface area contributed by atoms with Crippen LogP contribution in [0.25, 0.3) is 0 Å². The topological polar surface area (TPSA) is 47.7 Å². The number of nitrogens with one attached hydrogen (secondary N) is 1. The standard InChI is InChI=1S/C16H27N5/c1-7-8-17-12(3)16-13(4)19-21(14(16)5)10-15-9-11(2)18-20(15)6/h9,12,17H,7-8,10H2,1-6H3. The minimum absolute atomic E-state index is 0.340. The van der Waals surface area contributed by atoms with Crippen molar-refractivity contribution in [2.24, 2.45) is 7.05 Å². The van der Waals surface area contributed by atoms with Gasteiger partial charge in [-0.15, -0.1) is 0 Å². The number of rotatable bonds is 6. The maximum atomic E-state index is 4.72. The molecule has 2 aromatic rings. The summed E-state index contributed by atoms with van der Waals surface area (Å²) in [5, 5.41) is 12.7. The number of aromatic nitrogens is 4. The molecule has 0 aliphatic heterocycles. The van der Waals surface area contributed by atoms with Gasteiger partial charge in [0.2, 0.25) is 0 Å². The van der Waals surface area contributed by atoms with Crippen LogP contribution in [0, 0.1) is 20.8 Å². The van der Waals surface area contributed by atoms with Crippen molar-refractivity contribution in [1.29, 1.82) is 0 Å². The van der Waals surface area contributed by atoms with E-state index in [1.54, 1.807) is 0 Å². The zero-order valence-electron chi connectivity index (χ0n) is 14.1. The Kier molecular flexibility index (Phi) is 4.83. The molecule has 116 valence electrons. The first-order valence-corrected chi connectivity index (χ1v) is 7.70. The van der Waals surface area contributed by atoms with Crippen LogP contribution in [-0.4, -0.2) is 26.1 Å². The van der Waals surface area contributed by atoms with Gasteiger partial charge >= 0.3 is 0 Å². The lowest BCUT2D eigenvalue weighted by Crippen LogP contribution is -2.20. The number of aryl methyl sites for hydroxylation is 3. The number of nitrogens with zero attached hydrogens (tertiary/aromatic N) is 4. The molecule has 0 aromatic carbocycles. The van der Waals surface area contributed by atoms with Gasteiger partial charge in [-0.2, -0.15) is 10.2 Å². The van der Waals surface area contributed by atoms with E-state index in [4.69, 9.17) is 5.10 Å². The maximum Gasteiger partial charge on any atom is 0.0831 e. The highest BCUT2D eigenvalue weighted by molar-refractivity contribution is 5.28. The quantitative estimate of drug-likeness (QED) is 0.889. The molecule has 0 amide bonds. The largest absolute Gasteiger partial charge is 0.310 e. The second kappa shape index (κ2) is 6.43. The SMILES string of the molecule is CCCNC(C)c1c(C)nn(Cc2cc(C)nn2C)c1C. The van der Waals surface area contributed by atoms with Gasteiger partial charge in [-0.1, -0.05) is 6.92 Å². The van der Waals surface area contributed by atoms with Gasteiger partial charge in [0.05, 0.1) is 23.6 Å². The Labute approximate surface area is 127 Å². The van der Waals surface area contributed by atoms with Crippen LogP contribution < -0.4 is 5.32 Å². The molecule has 5 heteroatoms. The minimum atomic E-state index is 0.340. The van der Waals surface area contributed by atoms with Gasteiger partial charge in [-0.3, -0.25) is 9.36 Å². The van der Waals surface area contributed by atoms with Crippen LogP contribution in [-0.2, 0) is 13.6 Å². The number of hydrogen-bond acceptors (Lipinski definition) is 3. The van der Waals surface area contributed by atoms with Gasteiger partial charge in [-0.25, -0.2) is 0 Å². The fourth-order valence-electron chi connectivity index (χ4n) is 2.92. The minimum Gasteiger partial charge on any atom is -0.310 e. The van der Waals surface area contributed by atoms with Crippen molar-refractivity contribution in [3.63, 3.8) is 0 Å². The number of hydrogen-bond donors (Lipinski definition) is 1. The van der Waals surface area contributed by atoms with Gasteiger partial charge in [-0.05, 0) is 46.7 Å². The van der Waals surface area contributed by atoms with Crippen LogP contribution in [0.2, 0.25) is 0 Å². The Morgan fingerprint density at radius 2 is 1.95 bits per heavy atom. The van der Waals surface area contributed by atoms with Crippen molar-refractivity contribution < 1.29 is 0 Å². The normalized spacial score (nSPS) is 12.9. The fraction of sp³-hybridized carbons (Fsp3) is 0.625. The Hall–Kier alpha value is -1.62. The van der Waals surface area contributed by atoms with Crippen molar-refractivity contribution in [2.75, 3.05) is 6.54 Å². The van der Waals surface area contributed by atoms with E-state index in [9.17, 15) is 0 Å². The molecule has 1 N–H and O–H groups in total. The lowest BCUT2D eigenvalue weighted by atomic mass is 10.1. The Balaban J connectivity index is 2.24.